The molecule has 0 bridgehead atoms. The predicted octanol–water partition coefficient (Wildman–Crippen LogP) is 2.96. The van der Waals surface area contributed by atoms with Crippen LogP contribution in [0.1, 0.15) is 42.5 Å². The van der Waals surface area contributed by atoms with Gasteiger partial charge in [-0.25, -0.2) is 4.79 Å². The number of hydrogen-bond acceptors (Lipinski definition) is 3. The van der Waals surface area contributed by atoms with E-state index in [1.807, 2.05) is 6.07 Å². The Labute approximate surface area is 107 Å². The summed E-state index contributed by atoms with van der Waals surface area (Å²) in [6.45, 7) is 0.896. The summed E-state index contributed by atoms with van der Waals surface area (Å²) < 4.78 is 0. The molecule has 0 amide bonds. The first kappa shape index (κ1) is 12.7. The highest BCUT2D eigenvalue weighted by atomic mass is 16.4. The van der Waals surface area contributed by atoms with E-state index < -0.39 is 5.97 Å². The number of aromatic carboxylic acids is 1. The van der Waals surface area contributed by atoms with E-state index in [1.165, 1.54) is 25.7 Å². The van der Waals surface area contributed by atoms with Crippen LogP contribution in [0.25, 0.3) is 0 Å². The normalized spacial score (nSPS) is 15.8. The van der Waals surface area contributed by atoms with Crippen molar-refractivity contribution in [3.05, 3.63) is 23.8 Å². The minimum atomic E-state index is -0.980. The molecule has 98 valence electrons. The second-order valence-corrected chi connectivity index (χ2v) is 4.97. The van der Waals surface area contributed by atoms with Crippen LogP contribution in [-0.4, -0.2) is 17.6 Å². The van der Waals surface area contributed by atoms with Crippen LogP contribution in [0, 0.1) is 5.92 Å². The van der Waals surface area contributed by atoms with Gasteiger partial charge in [0.2, 0.25) is 0 Å². The van der Waals surface area contributed by atoms with E-state index in [1.54, 1.807) is 12.1 Å². The second kappa shape index (κ2) is 5.76. The van der Waals surface area contributed by atoms with Crippen molar-refractivity contribution in [3.63, 3.8) is 0 Å². The lowest BCUT2D eigenvalue weighted by molar-refractivity contribution is 0.0698. The lowest BCUT2D eigenvalue weighted by Crippen LogP contribution is -2.08. The molecule has 0 spiro atoms. The Hall–Kier alpha value is -1.71. The molecular weight excluding hydrogens is 228 g/mol. The zero-order valence-corrected chi connectivity index (χ0v) is 10.5. The third-order valence-corrected chi connectivity index (χ3v) is 3.64. The minimum absolute atomic E-state index is 0.167. The van der Waals surface area contributed by atoms with Gasteiger partial charge in [-0.2, -0.15) is 0 Å². The lowest BCUT2D eigenvalue weighted by atomic mass is 10.0. The number of carbonyl (C=O) groups is 1. The number of nitrogens with one attached hydrogen (secondary N) is 1. The Bertz CT molecular complexity index is 426. The van der Waals surface area contributed by atoms with Gasteiger partial charge >= 0.3 is 5.97 Å². The molecule has 0 saturated heterocycles. The fourth-order valence-electron chi connectivity index (χ4n) is 2.57. The Morgan fingerprint density at radius 2 is 2.11 bits per heavy atom. The van der Waals surface area contributed by atoms with Gasteiger partial charge in [0.05, 0.1) is 5.56 Å². The molecule has 1 fully saturated rings. The maximum absolute atomic E-state index is 10.9. The molecule has 1 aromatic carbocycles. The summed E-state index contributed by atoms with van der Waals surface area (Å²) in [6.07, 6.45) is 6.55. The zero-order valence-electron chi connectivity index (χ0n) is 10.5. The van der Waals surface area contributed by atoms with Gasteiger partial charge in [-0.15, -0.1) is 0 Å². The first-order valence-electron chi connectivity index (χ1n) is 6.53. The minimum Gasteiger partial charge on any atom is -0.478 e. The number of rotatable bonds is 5. The first-order chi connectivity index (χ1) is 8.66. The highest BCUT2D eigenvalue weighted by molar-refractivity contribution is 5.94. The summed E-state index contributed by atoms with van der Waals surface area (Å²) in [5, 5.41) is 12.3. The van der Waals surface area contributed by atoms with Crippen LogP contribution in [0.4, 0.5) is 11.4 Å². The number of nitrogen functional groups attached to an aromatic ring is 1. The Balaban J connectivity index is 1.88. The molecule has 4 nitrogen and oxygen atoms in total. The molecule has 1 saturated carbocycles. The SMILES string of the molecule is Nc1ccc(NCCC2CCCC2)cc1C(=O)O. The van der Waals surface area contributed by atoms with Gasteiger partial charge in [0.15, 0.2) is 0 Å². The van der Waals surface area contributed by atoms with Crippen molar-refractivity contribution in [2.75, 3.05) is 17.6 Å². The molecule has 18 heavy (non-hydrogen) atoms. The quantitative estimate of drug-likeness (QED) is 0.700. The molecule has 4 heteroatoms. The average Bonchev–Trinajstić information content (AvgIpc) is 2.84. The van der Waals surface area contributed by atoms with E-state index in [0.29, 0.717) is 5.69 Å². The fraction of sp³-hybridized carbons (Fsp3) is 0.500. The maximum Gasteiger partial charge on any atom is 0.337 e. The molecule has 2 rings (SSSR count). The molecule has 0 radical (unpaired) electrons. The van der Waals surface area contributed by atoms with Crippen molar-refractivity contribution < 1.29 is 9.90 Å². The van der Waals surface area contributed by atoms with Crippen LogP contribution < -0.4 is 11.1 Å². The van der Waals surface area contributed by atoms with Gasteiger partial charge in [0.1, 0.15) is 0 Å². The van der Waals surface area contributed by atoms with E-state index >= 15 is 0 Å². The summed E-state index contributed by atoms with van der Waals surface area (Å²) in [4.78, 5) is 10.9. The number of benzene rings is 1. The Morgan fingerprint density at radius 1 is 1.39 bits per heavy atom. The largest absolute Gasteiger partial charge is 0.478 e. The van der Waals surface area contributed by atoms with Crippen molar-refractivity contribution in [1.82, 2.24) is 0 Å². The standard InChI is InChI=1S/C14H20N2O2/c15-13-6-5-11(9-12(13)14(17)18)16-8-7-10-3-1-2-4-10/h5-6,9-10,16H,1-4,7-8,15H2,(H,17,18). The van der Waals surface area contributed by atoms with E-state index in [2.05, 4.69) is 5.32 Å². The van der Waals surface area contributed by atoms with Crippen molar-refractivity contribution in [2.24, 2.45) is 5.92 Å². The molecule has 1 aromatic rings. The molecule has 0 aliphatic heterocycles. The zero-order chi connectivity index (χ0) is 13.0. The van der Waals surface area contributed by atoms with Gasteiger partial charge in [-0.3, -0.25) is 0 Å². The number of nitrogens with two attached hydrogens (primary N) is 1. The molecule has 1 aliphatic carbocycles. The second-order valence-electron chi connectivity index (χ2n) is 4.97. The third kappa shape index (κ3) is 3.15. The maximum atomic E-state index is 10.9. The van der Waals surface area contributed by atoms with Crippen LogP contribution in [-0.2, 0) is 0 Å². The summed E-state index contributed by atoms with van der Waals surface area (Å²) >= 11 is 0. The summed E-state index contributed by atoms with van der Waals surface area (Å²) in [6, 6.07) is 5.07. The van der Waals surface area contributed by atoms with Gasteiger partial charge in [-0.1, -0.05) is 25.7 Å². The fourth-order valence-corrected chi connectivity index (χ4v) is 2.57. The molecule has 0 heterocycles. The lowest BCUT2D eigenvalue weighted by Gasteiger charge is -2.11. The molecule has 0 aromatic heterocycles. The summed E-state index contributed by atoms with van der Waals surface area (Å²) in [5.74, 6) is -0.142. The predicted molar refractivity (Wildman–Crippen MR) is 72.9 cm³/mol. The van der Waals surface area contributed by atoms with Crippen molar-refractivity contribution in [1.29, 1.82) is 0 Å². The number of hydrogen-bond donors (Lipinski definition) is 3. The van der Waals surface area contributed by atoms with Gasteiger partial charge < -0.3 is 16.2 Å². The first-order valence-corrected chi connectivity index (χ1v) is 6.53. The Morgan fingerprint density at radius 3 is 2.78 bits per heavy atom. The van der Waals surface area contributed by atoms with Crippen molar-refractivity contribution in [3.8, 4) is 0 Å². The smallest absolute Gasteiger partial charge is 0.337 e. The van der Waals surface area contributed by atoms with Crippen LogP contribution in [0.3, 0.4) is 0 Å². The summed E-state index contributed by atoms with van der Waals surface area (Å²) in [5.41, 5.74) is 6.92. The number of anilines is 2. The van der Waals surface area contributed by atoms with E-state index in [4.69, 9.17) is 10.8 Å². The molecule has 4 N–H and O–H groups in total. The molecule has 0 atom stereocenters. The third-order valence-electron chi connectivity index (χ3n) is 3.64. The monoisotopic (exact) mass is 248 g/mol. The van der Waals surface area contributed by atoms with E-state index in [-0.39, 0.29) is 5.56 Å². The van der Waals surface area contributed by atoms with Crippen LogP contribution in [0.15, 0.2) is 18.2 Å². The van der Waals surface area contributed by atoms with E-state index in [9.17, 15) is 4.79 Å². The van der Waals surface area contributed by atoms with Gasteiger partial charge in [0.25, 0.3) is 0 Å². The van der Waals surface area contributed by atoms with E-state index in [0.717, 1.165) is 24.6 Å². The van der Waals surface area contributed by atoms with Crippen LogP contribution in [0.2, 0.25) is 0 Å². The highest BCUT2D eigenvalue weighted by Gasteiger charge is 2.14. The van der Waals surface area contributed by atoms with Crippen molar-refractivity contribution in [2.45, 2.75) is 32.1 Å². The summed E-state index contributed by atoms with van der Waals surface area (Å²) in [7, 11) is 0. The van der Waals surface area contributed by atoms with Crippen LogP contribution >= 0.6 is 0 Å². The van der Waals surface area contributed by atoms with Crippen molar-refractivity contribution >= 4 is 17.3 Å². The van der Waals surface area contributed by atoms with Crippen LogP contribution in [0.5, 0.6) is 0 Å². The van der Waals surface area contributed by atoms with Gasteiger partial charge in [0, 0.05) is 17.9 Å². The Kier molecular flexibility index (Phi) is 4.07. The number of carboxylic acid groups (broad SMARTS) is 1. The molecular formula is C14H20N2O2. The van der Waals surface area contributed by atoms with Gasteiger partial charge in [-0.05, 0) is 30.5 Å². The molecule has 0 unspecified atom stereocenters. The molecule has 1 aliphatic rings. The highest BCUT2D eigenvalue weighted by Crippen LogP contribution is 2.27. The number of carboxylic acids is 1. The topological polar surface area (TPSA) is 75.3 Å². The average molecular weight is 248 g/mol.